The van der Waals surface area contributed by atoms with E-state index in [0.717, 1.165) is 19.0 Å². The van der Waals surface area contributed by atoms with Gasteiger partial charge in [-0.15, -0.1) is 0 Å². The first-order valence-corrected chi connectivity index (χ1v) is 6.13. The summed E-state index contributed by atoms with van der Waals surface area (Å²) in [7, 11) is 0. The van der Waals surface area contributed by atoms with Crippen molar-refractivity contribution in [3.63, 3.8) is 0 Å². The number of guanidine groups is 1. The molecule has 6 heteroatoms. The van der Waals surface area contributed by atoms with Crippen molar-refractivity contribution < 1.29 is 9.59 Å². The van der Waals surface area contributed by atoms with Gasteiger partial charge in [0.25, 0.3) is 0 Å². The molecule has 0 aromatic heterocycles. The van der Waals surface area contributed by atoms with E-state index in [0.29, 0.717) is 18.4 Å². The number of likely N-dealkylation sites (tertiary alicyclic amines) is 1. The molecule has 1 saturated carbocycles. The lowest BCUT2D eigenvalue weighted by atomic mass is 10.1. The summed E-state index contributed by atoms with van der Waals surface area (Å²) in [6.45, 7) is 2.95. The molecule has 3 rings (SSSR count). The predicted molar refractivity (Wildman–Crippen MR) is 61.3 cm³/mol. The third-order valence-electron chi connectivity index (χ3n) is 3.56. The van der Waals surface area contributed by atoms with E-state index in [4.69, 9.17) is 0 Å². The van der Waals surface area contributed by atoms with E-state index in [1.54, 1.807) is 0 Å². The zero-order valence-electron chi connectivity index (χ0n) is 9.61. The van der Waals surface area contributed by atoms with Crippen molar-refractivity contribution >= 4 is 17.8 Å². The van der Waals surface area contributed by atoms with Crippen LogP contribution in [-0.4, -0.2) is 48.3 Å². The average Bonchev–Trinajstić information content (AvgIpc) is 2.96. The Kier molecular flexibility index (Phi) is 2.58. The van der Waals surface area contributed by atoms with Crippen molar-refractivity contribution in [2.24, 2.45) is 10.9 Å². The molecule has 2 aliphatic heterocycles. The van der Waals surface area contributed by atoms with Gasteiger partial charge in [-0.1, -0.05) is 0 Å². The van der Waals surface area contributed by atoms with Crippen LogP contribution in [0, 0.1) is 5.92 Å². The summed E-state index contributed by atoms with van der Waals surface area (Å²) in [5, 5.41) is 4.82. The van der Waals surface area contributed by atoms with Gasteiger partial charge in [0.05, 0.1) is 0 Å². The Bertz CT molecular complexity index is 371. The Morgan fingerprint density at radius 2 is 1.88 bits per heavy atom. The molecular formula is C11H16N4O2. The minimum atomic E-state index is -0.616. The minimum absolute atomic E-state index is 0.310. The Labute approximate surface area is 99.4 Å². The number of nitrogens with one attached hydrogen (secondary N) is 2. The summed E-state index contributed by atoms with van der Waals surface area (Å²) in [5.74, 6) is -0.369. The van der Waals surface area contributed by atoms with Crippen molar-refractivity contribution in [2.75, 3.05) is 19.6 Å². The van der Waals surface area contributed by atoms with E-state index in [-0.39, 0.29) is 0 Å². The second-order valence-electron chi connectivity index (χ2n) is 4.98. The van der Waals surface area contributed by atoms with Crippen molar-refractivity contribution in [2.45, 2.75) is 25.3 Å². The summed E-state index contributed by atoms with van der Waals surface area (Å²) in [6, 6.07) is 0.818. The fourth-order valence-corrected chi connectivity index (χ4v) is 2.44. The van der Waals surface area contributed by atoms with Crippen molar-refractivity contribution in [1.29, 1.82) is 0 Å². The molecule has 1 atom stereocenters. The van der Waals surface area contributed by atoms with E-state index in [2.05, 4.69) is 20.5 Å². The highest BCUT2D eigenvalue weighted by Crippen LogP contribution is 2.31. The molecule has 2 saturated heterocycles. The monoisotopic (exact) mass is 236 g/mol. The number of hydrogen-bond acceptors (Lipinski definition) is 4. The standard InChI is InChI=1S/C11H16N4O2/c16-9-10(17)14-11(13-9)12-5-7-3-4-15(6-7)8-1-2-8/h7-8H,1-6H2,(H2,12,13,14,16,17). The maximum atomic E-state index is 10.9. The summed E-state index contributed by atoms with van der Waals surface area (Å²) in [4.78, 5) is 28.6. The fraction of sp³-hybridized carbons (Fsp3) is 0.727. The topological polar surface area (TPSA) is 73.8 Å². The lowest BCUT2D eigenvalue weighted by Gasteiger charge is -2.13. The first-order chi connectivity index (χ1) is 8.22. The first-order valence-electron chi connectivity index (χ1n) is 6.13. The molecule has 3 aliphatic rings. The van der Waals surface area contributed by atoms with Gasteiger partial charge in [-0.3, -0.25) is 25.2 Å². The highest BCUT2D eigenvalue weighted by molar-refractivity contribution is 6.45. The smallest absolute Gasteiger partial charge is 0.300 e. The summed E-state index contributed by atoms with van der Waals surface area (Å²) in [5.41, 5.74) is 0. The molecule has 2 N–H and O–H groups in total. The lowest BCUT2D eigenvalue weighted by Crippen LogP contribution is -2.27. The molecule has 1 aliphatic carbocycles. The molecular weight excluding hydrogens is 220 g/mol. The fourth-order valence-electron chi connectivity index (χ4n) is 2.44. The molecule has 92 valence electrons. The first kappa shape index (κ1) is 10.7. The quantitative estimate of drug-likeness (QED) is 0.622. The number of carbonyl (C=O) groups excluding carboxylic acids is 2. The van der Waals surface area contributed by atoms with E-state index in [1.807, 2.05) is 0 Å². The van der Waals surface area contributed by atoms with Gasteiger partial charge in [-0.2, -0.15) is 0 Å². The molecule has 2 heterocycles. The number of nitrogens with zero attached hydrogens (tertiary/aromatic N) is 2. The molecule has 0 bridgehead atoms. The number of hydrogen-bond donors (Lipinski definition) is 2. The van der Waals surface area contributed by atoms with E-state index in [1.165, 1.54) is 19.4 Å². The molecule has 3 fully saturated rings. The Hall–Kier alpha value is -1.43. The molecule has 1 unspecified atom stereocenters. The highest BCUT2D eigenvalue weighted by atomic mass is 16.2. The molecule has 0 aromatic carbocycles. The van der Waals surface area contributed by atoms with Crippen LogP contribution in [0.3, 0.4) is 0 Å². The highest BCUT2D eigenvalue weighted by Gasteiger charge is 2.34. The molecule has 0 radical (unpaired) electrons. The number of carbonyl (C=O) groups is 2. The van der Waals surface area contributed by atoms with Crippen molar-refractivity contribution in [1.82, 2.24) is 15.5 Å². The number of aliphatic imine (C=N–C) groups is 1. The van der Waals surface area contributed by atoms with Gasteiger partial charge in [0.15, 0.2) is 0 Å². The van der Waals surface area contributed by atoms with Crippen LogP contribution in [0.15, 0.2) is 4.99 Å². The maximum Gasteiger partial charge on any atom is 0.316 e. The van der Waals surface area contributed by atoms with Gasteiger partial charge < -0.3 is 4.90 Å². The van der Waals surface area contributed by atoms with Crippen LogP contribution in [0.5, 0.6) is 0 Å². The second-order valence-corrected chi connectivity index (χ2v) is 4.98. The Morgan fingerprint density at radius 3 is 2.53 bits per heavy atom. The van der Waals surface area contributed by atoms with E-state index >= 15 is 0 Å². The Morgan fingerprint density at radius 1 is 1.18 bits per heavy atom. The Balaban J connectivity index is 1.50. The normalized spacial score (nSPS) is 29.4. The SMILES string of the molecule is O=C1NC(=NCC2CCN(C3CC3)C2)NC1=O. The van der Waals surface area contributed by atoms with Gasteiger partial charge in [-0.25, -0.2) is 0 Å². The van der Waals surface area contributed by atoms with Gasteiger partial charge in [0.2, 0.25) is 5.96 Å². The van der Waals surface area contributed by atoms with E-state index in [9.17, 15) is 9.59 Å². The third-order valence-corrected chi connectivity index (χ3v) is 3.56. The largest absolute Gasteiger partial charge is 0.316 e. The van der Waals surface area contributed by atoms with Crippen LogP contribution in [-0.2, 0) is 9.59 Å². The molecule has 17 heavy (non-hydrogen) atoms. The summed E-state index contributed by atoms with van der Waals surface area (Å²) in [6.07, 6.45) is 3.84. The zero-order valence-corrected chi connectivity index (χ0v) is 9.61. The molecule has 2 amide bonds. The number of rotatable bonds is 3. The average molecular weight is 236 g/mol. The van der Waals surface area contributed by atoms with Crippen molar-refractivity contribution in [3.8, 4) is 0 Å². The molecule has 0 spiro atoms. The molecule has 0 aromatic rings. The minimum Gasteiger partial charge on any atom is -0.300 e. The van der Waals surface area contributed by atoms with Crippen LogP contribution in [0.2, 0.25) is 0 Å². The predicted octanol–water partition coefficient (Wildman–Crippen LogP) is -0.927. The lowest BCUT2D eigenvalue weighted by molar-refractivity contribution is -0.135. The van der Waals surface area contributed by atoms with E-state index < -0.39 is 11.8 Å². The van der Waals surface area contributed by atoms with Crippen LogP contribution >= 0.6 is 0 Å². The number of amides is 2. The maximum absolute atomic E-state index is 10.9. The summed E-state index contributed by atoms with van der Waals surface area (Å²) < 4.78 is 0. The van der Waals surface area contributed by atoms with Gasteiger partial charge >= 0.3 is 11.8 Å². The van der Waals surface area contributed by atoms with Crippen LogP contribution in [0.1, 0.15) is 19.3 Å². The van der Waals surface area contributed by atoms with Crippen molar-refractivity contribution in [3.05, 3.63) is 0 Å². The zero-order chi connectivity index (χ0) is 11.8. The van der Waals surface area contributed by atoms with Crippen LogP contribution in [0.4, 0.5) is 0 Å². The molecule has 6 nitrogen and oxygen atoms in total. The van der Waals surface area contributed by atoms with Crippen LogP contribution < -0.4 is 10.6 Å². The summed E-state index contributed by atoms with van der Waals surface area (Å²) >= 11 is 0. The third kappa shape index (κ3) is 2.31. The second kappa shape index (κ2) is 4.10. The van der Waals surface area contributed by atoms with Crippen LogP contribution in [0.25, 0.3) is 0 Å². The van der Waals surface area contributed by atoms with Gasteiger partial charge in [0.1, 0.15) is 0 Å². The van der Waals surface area contributed by atoms with Gasteiger partial charge in [-0.05, 0) is 31.7 Å². The van der Waals surface area contributed by atoms with Gasteiger partial charge in [0, 0.05) is 19.1 Å².